The molecule has 7 heteroatoms. The summed E-state index contributed by atoms with van der Waals surface area (Å²) in [6, 6.07) is 3.18. The van der Waals surface area contributed by atoms with Gasteiger partial charge in [0.15, 0.2) is 0 Å². The molecule has 0 aliphatic carbocycles. The molecule has 1 aliphatic rings. The van der Waals surface area contributed by atoms with E-state index in [-0.39, 0.29) is 12.2 Å². The van der Waals surface area contributed by atoms with Crippen LogP contribution in [-0.4, -0.2) is 20.7 Å². The molecule has 0 radical (unpaired) electrons. The fraction of sp³-hybridized carbons (Fsp3) is 0.400. The van der Waals surface area contributed by atoms with Gasteiger partial charge in [0.05, 0.1) is 5.69 Å². The Morgan fingerprint density at radius 2 is 2.06 bits per heavy atom. The molecule has 0 amide bonds. The van der Waals surface area contributed by atoms with Crippen LogP contribution in [0.2, 0.25) is 0 Å². The van der Waals surface area contributed by atoms with E-state index >= 15 is 0 Å². The van der Waals surface area contributed by atoms with Crippen molar-refractivity contribution in [2.45, 2.75) is 19.1 Å². The van der Waals surface area contributed by atoms with Crippen molar-refractivity contribution >= 4 is 21.4 Å². The Labute approximate surface area is 98.1 Å². The fourth-order valence-electron chi connectivity index (χ4n) is 1.91. The van der Waals surface area contributed by atoms with E-state index < -0.39 is 15.8 Å². The van der Waals surface area contributed by atoms with Crippen LogP contribution in [0.4, 0.5) is 20.2 Å². The molecule has 1 heterocycles. The van der Waals surface area contributed by atoms with E-state index in [9.17, 15) is 17.2 Å². The van der Waals surface area contributed by atoms with Crippen LogP contribution in [-0.2, 0) is 16.4 Å². The highest BCUT2D eigenvalue weighted by molar-refractivity contribution is 7.93. The van der Waals surface area contributed by atoms with Crippen molar-refractivity contribution in [3.63, 3.8) is 0 Å². The molecule has 0 bridgehead atoms. The van der Waals surface area contributed by atoms with E-state index in [1.54, 1.807) is 13.0 Å². The molecule has 0 spiro atoms. The van der Waals surface area contributed by atoms with Gasteiger partial charge in [0.2, 0.25) is 0 Å². The zero-order valence-electron chi connectivity index (χ0n) is 9.15. The number of sulfonamides is 1. The van der Waals surface area contributed by atoms with Crippen LogP contribution in [0.5, 0.6) is 0 Å². The van der Waals surface area contributed by atoms with Crippen LogP contribution in [0.25, 0.3) is 0 Å². The van der Waals surface area contributed by atoms with Gasteiger partial charge < -0.3 is 5.73 Å². The van der Waals surface area contributed by atoms with Crippen LogP contribution in [0.1, 0.15) is 11.1 Å². The Kier molecular flexibility index (Phi) is 2.73. The van der Waals surface area contributed by atoms with Crippen LogP contribution >= 0.6 is 0 Å². The number of nitrogens with two attached hydrogens (primary N) is 1. The number of hydrogen-bond acceptors (Lipinski definition) is 3. The molecule has 1 aromatic carbocycles. The third-order valence-electron chi connectivity index (χ3n) is 2.85. The fourth-order valence-corrected chi connectivity index (χ4v) is 2.89. The maximum Gasteiger partial charge on any atom is 0.355 e. The second kappa shape index (κ2) is 3.83. The lowest BCUT2D eigenvalue weighted by atomic mass is 10.1. The van der Waals surface area contributed by atoms with Gasteiger partial charge >= 0.3 is 5.76 Å². The molecule has 1 aliphatic heterocycles. The molecule has 2 rings (SSSR count). The molecule has 0 saturated carbocycles. The third kappa shape index (κ3) is 1.84. The molecule has 17 heavy (non-hydrogen) atoms. The molecule has 0 atom stereocenters. The summed E-state index contributed by atoms with van der Waals surface area (Å²) >= 11 is 0. The molecular formula is C10H12F2N2O2S. The van der Waals surface area contributed by atoms with Crippen LogP contribution in [0.15, 0.2) is 12.1 Å². The highest BCUT2D eigenvalue weighted by Gasteiger charge is 2.36. The van der Waals surface area contributed by atoms with Gasteiger partial charge in [-0.1, -0.05) is 6.07 Å². The van der Waals surface area contributed by atoms with E-state index in [1.165, 1.54) is 6.07 Å². The minimum absolute atomic E-state index is 0.0465. The quantitative estimate of drug-likeness (QED) is 0.821. The maximum absolute atomic E-state index is 12.5. The number of nitrogen functional groups attached to an aromatic ring is 1. The highest BCUT2D eigenvalue weighted by atomic mass is 32.2. The number of nitrogens with zero attached hydrogens (tertiary/aromatic N) is 1. The highest BCUT2D eigenvalue weighted by Crippen LogP contribution is 2.35. The first-order valence-corrected chi connectivity index (χ1v) is 6.53. The molecule has 0 unspecified atom stereocenters. The molecule has 94 valence electrons. The minimum Gasteiger partial charge on any atom is -0.398 e. The predicted molar refractivity (Wildman–Crippen MR) is 61.6 cm³/mol. The largest absolute Gasteiger partial charge is 0.398 e. The lowest BCUT2D eigenvalue weighted by molar-refractivity contribution is 0.234. The summed E-state index contributed by atoms with van der Waals surface area (Å²) in [5.74, 6) is -3.41. The molecule has 2 N–H and O–H groups in total. The van der Waals surface area contributed by atoms with E-state index in [1.807, 2.05) is 0 Å². The van der Waals surface area contributed by atoms with Gasteiger partial charge in [0, 0.05) is 12.2 Å². The summed E-state index contributed by atoms with van der Waals surface area (Å²) < 4.78 is 48.5. The minimum atomic E-state index is -4.58. The van der Waals surface area contributed by atoms with E-state index in [2.05, 4.69) is 0 Å². The zero-order chi connectivity index (χ0) is 12.8. The van der Waals surface area contributed by atoms with Gasteiger partial charge in [-0.15, -0.1) is 0 Å². The van der Waals surface area contributed by atoms with Gasteiger partial charge in [-0.2, -0.15) is 8.78 Å². The van der Waals surface area contributed by atoms with Crippen molar-refractivity contribution in [3.05, 3.63) is 23.3 Å². The molecule has 4 nitrogen and oxygen atoms in total. The Hall–Kier alpha value is -1.37. The summed E-state index contributed by atoms with van der Waals surface area (Å²) in [6.45, 7) is 1.84. The number of hydrogen-bond donors (Lipinski definition) is 1. The summed E-state index contributed by atoms with van der Waals surface area (Å²) in [4.78, 5) is 0. The van der Waals surface area contributed by atoms with Crippen molar-refractivity contribution in [3.8, 4) is 0 Å². The Balaban J connectivity index is 2.51. The normalized spacial score (nSPS) is 15.4. The first kappa shape index (κ1) is 12.1. The lowest BCUT2D eigenvalue weighted by Gasteiger charge is -2.19. The smallest absolute Gasteiger partial charge is 0.355 e. The Morgan fingerprint density at radius 3 is 2.65 bits per heavy atom. The first-order chi connectivity index (χ1) is 7.84. The zero-order valence-corrected chi connectivity index (χ0v) is 9.97. The SMILES string of the molecule is Cc1cc2c(cc1N)N(S(=O)(=O)C(F)F)CC2. The monoisotopic (exact) mass is 262 g/mol. The van der Waals surface area contributed by atoms with E-state index in [0.717, 1.165) is 15.4 Å². The Morgan fingerprint density at radius 1 is 1.41 bits per heavy atom. The molecule has 0 saturated heterocycles. The van der Waals surface area contributed by atoms with Crippen molar-refractivity contribution in [2.75, 3.05) is 16.6 Å². The van der Waals surface area contributed by atoms with Crippen molar-refractivity contribution < 1.29 is 17.2 Å². The van der Waals surface area contributed by atoms with Crippen molar-refractivity contribution in [1.29, 1.82) is 0 Å². The van der Waals surface area contributed by atoms with Gasteiger partial charge in [0.25, 0.3) is 10.0 Å². The second-order valence-corrected chi connectivity index (χ2v) is 5.79. The van der Waals surface area contributed by atoms with Crippen LogP contribution in [0, 0.1) is 6.92 Å². The number of rotatable bonds is 2. The van der Waals surface area contributed by atoms with Gasteiger partial charge in [-0.3, -0.25) is 4.31 Å². The predicted octanol–water partition coefficient (Wildman–Crippen LogP) is 1.49. The maximum atomic E-state index is 12.5. The molecular weight excluding hydrogens is 250 g/mol. The number of benzene rings is 1. The summed E-state index contributed by atoms with van der Waals surface area (Å²) in [5, 5.41) is 0. The van der Waals surface area contributed by atoms with Crippen molar-refractivity contribution in [2.24, 2.45) is 0 Å². The summed E-state index contributed by atoms with van der Waals surface area (Å²) in [6.07, 6.45) is 0.433. The van der Waals surface area contributed by atoms with Gasteiger partial charge in [0.1, 0.15) is 0 Å². The van der Waals surface area contributed by atoms with E-state index in [0.29, 0.717) is 12.1 Å². The standard InChI is InChI=1S/C10H12F2N2O2S/c1-6-4-7-2-3-14(9(7)5-8(6)13)17(15,16)10(11)12/h4-5,10H,2-3,13H2,1H3. The number of halogens is 2. The lowest BCUT2D eigenvalue weighted by Crippen LogP contribution is -2.33. The number of anilines is 2. The molecule has 0 aromatic heterocycles. The second-order valence-electron chi connectivity index (χ2n) is 3.97. The Bertz CT molecular complexity index is 558. The van der Waals surface area contributed by atoms with Gasteiger partial charge in [-0.25, -0.2) is 8.42 Å². The third-order valence-corrected chi connectivity index (χ3v) is 4.30. The average molecular weight is 262 g/mol. The molecule has 0 fully saturated rings. The number of fused-ring (bicyclic) bond motifs is 1. The average Bonchev–Trinajstić information content (AvgIpc) is 2.62. The summed E-state index contributed by atoms with van der Waals surface area (Å²) in [5.41, 5.74) is 7.90. The molecule has 1 aromatic rings. The van der Waals surface area contributed by atoms with Crippen LogP contribution < -0.4 is 10.0 Å². The first-order valence-electron chi connectivity index (χ1n) is 5.02. The topological polar surface area (TPSA) is 63.4 Å². The van der Waals surface area contributed by atoms with Crippen LogP contribution in [0.3, 0.4) is 0 Å². The van der Waals surface area contributed by atoms with E-state index in [4.69, 9.17) is 5.73 Å². The summed E-state index contributed by atoms with van der Waals surface area (Å²) in [7, 11) is -4.58. The van der Waals surface area contributed by atoms with Crippen molar-refractivity contribution in [1.82, 2.24) is 0 Å². The van der Waals surface area contributed by atoms with Gasteiger partial charge in [-0.05, 0) is 30.5 Å². The number of aryl methyl sites for hydroxylation is 1. The number of alkyl halides is 2.